The van der Waals surface area contributed by atoms with E-state index in [4.69, 9.17) is 0 Å². The van der Waals surface area contributed by atoms with E-state index < -0.39 is 0 Å². The molecule has 0 saturated heterocycles. The summed E-state index contributed by atoms with van der Waals surface area (Å²) in [4.78, 5) is 13.5. The van der Waals surface area contributed by atoms with E-state index in [1.165, 1.54) is 33.9 Å². The molecule has 0 aliphatic carbocycles. The van der Waals surface area contributed by atoms with Crippen molar-refractivity contribution in [3.63, 3.8) is 0 Å². The van der Waals surface area contributed by atoms with Gasteiger partial charge in [0.15, 0.2) is 0 Å². The van der Waals surface area contributed by atoms with Gasteiger partial charge in [0.25, 0.3) is 0 Å². The van der Waals surface area contributed by atoms with Crippen molar-refractivity contribution >= 4 is 85.3 Å². The van der Waals surface area contributed by atoms with Crippen LogP contribution < -0.4 is 29.4 Å². The van der Waals surface area contributed by atoms with Gasteiger partial charge in [-0.15, -0.1) is 0 Å². The van der Waals surface area contributed by atoms with Crippen LogP contribution in [0.2, 0.25) is 0 Å². The van der Waals surface area contributed by atoms with Crippen LogP contribution in [-0.2, 0) is 0 Å². The predicted octanol–water partition coefficient (Wildman–Crippen LogP) is 21.4. The van der Waals surface area contributed by atoms with Crippen molar-refractivity contribution in [1.29, 1.82) is 0 Å². The molecule has 0 atom stereocenters. The first-order chi connectivity index (χ1) is 40.8. The van der Waals surface area contributed by atoms with E-state index in [1.807, 2.05) is 30.3 Å². The van der Waals surface area contributed by atoms with E-state index in [0.29, 0.717) is 0 Å². The number of rotatable bonds is 15. The smallest absolute Gasteiger partial charge is 0.0698 e. The highest BCUT2D eigenvalue weighted by Gasteiger charge is 2.19. The SMILES string of the molecule is CN(c1ccccc1)c1cccc(N(c2ccccc2)c2ccccc2)c1.CN(c1ccccc1)c1ccccc1N(c1ccccc1)c1ccccc1.Cc1cccc(N(c2ccc(N(C)c3ccccc3)cc2)c2cccc(C)c2)c1. The number of hydrogen-bond acceptors (Lipinski definition) is 6. The number of hydrogen-bond donors (Lipinski definition) is 0. The van der Waals surface area contributed by atoms with Crippen LogP contribution in [0.4, 0.5) is 85.3 Å². The van der Waals surface area contributed by atoms with E-state index in [1.54, 1.807) is 0 Å². The lowest BCUT2D eigenvalue weighted by Crippen LogP contribution is -2.16. The summed E-state index contributed by atoms with van der Waals surface area (Å²) in [5.41, 5.74) is 19.8. The van der Waals surface area contributed by atoms with E-state index in [9.17, 15) is 0 Å². The zero-order chi connectivity index (χ0) is 57.2. The van der Waals surface area contributed by atoms with Gasteiger partial charge in [-0.2, -0.15) is 0 Å². The van der Waals surface area contributed by atoms with Crippen LogP contribution >= 0.6 is 0 Å². The van der Waals surface area contributed by atoms with Crippen molar-refractivity contribution in [1.82, 2.24) is 0 Å². The molecule has 0 bridgehead atoms. The molecule has 12 aromatic carbocycles. The molecule has 6 heteroatoms. The summed E-state index contributed by atoms with van der Waals surface area (Å²) in [6, 6.07) is 116. The molecule has 0 fully saturated rings. The summed E-state index contributed by atoms with van der Waals surface area (Å²) in [6.45, 7) is 4.27. The lowest BCUT2D eigenvalue weighted by Gasteiger charge is -2.31. The molecule has 12 aromatic rings. The Labute approximate surface area is 491 Å². The molecular formula is C77H70N6. The molecular weight excluding hydrogens is 1010 g/mol. The minimum absolute atomic E-state index is 1.13. The molecule has 0 N–H and O–H groups in total. The number of aryl methyl sites for hydroxylation is 2. The molecule has 0 radical (unpaired) electrons. The maximum atomic E-state index is 2.31. The van der Waals surface area contributed by atoms with Crippen molar-refractivity contribution in [2.24, 2.45) is 0 Å². The Bertz CT molecular complexity index is 3740. The topological polar surface area (TPSA) is 19.4 Å². The van der Waals surface area contributed by atoms with Gasteiger partial charge in [0.2, 0.25) is 0 Å². The fourth-order valence-corrected chi connectivity index (χ4v) is 10.2. The molecule has 408 valence electrons. The van der Waals surface area contributed by atoms with Crippen molar-refractivity contribution in [2.75, 3.05) is 50.5 Å². The molecule has 12 rings (SSSR count). The van der Waals surface area contributed by atoms with E-state index >= 15 is 0 Å². The van der Waals surface area contributed by atoms with Crippen LogP contribution in [0.3, 0.4) is 0 Å². The first kappa shape index (κ1) is 55.7. The van der Waals surface area contributed by atoms with Crippen LogP contribution in [0.5, 0.6) is 0 Å². The Balaban J connectivity index is 0.000000139. The van der Waals surface area contributed by atoms with Gasteiger partial charge in [-0.3, -0.25) is 0 Å². The molecule has 0 saturated carbocycles. The summed E-state index contributed by atoms with van der Waals surface area (Å²) < 4.78 is 0. The second-order valence-electron chi connectivity index (χ2n) is 20.2. The minimum Gasteiger partial charge on any atom is -0.345 e. The summed E-state index contributed by atoms with van der Waals surface area (Å²) in [5, 5.41) is 0. The van der Waals surface area contributed by atoms with Crippen molar-refractivity contribution in [3.05, 3.63) is 345 Å². The highest BCUT2D eigenvalue weighted by Crippen LogP contribution is 2.43. The van der Waals surface area contributed by atoms with E-state index in [-0.39, 0.29) is 0 Å². The first-order valence-corrected chi connectivity index (χ1v) is 28.2. The largest absolute Gasteiger partial charge is 0.345 e. The maximum Gasteiger partial charge on any atom is 0.0698 e. The Morgan fingerprint density at radius 2 is 0.410 bits per heavy atom. The van der Waals surface area contributed by atoms with Gasteiger partial charge in [-0.05, 0) is 189 Å². The highest BCUT2D eigenvalue weighted by atomic mass is 15.2. The Morgan fingerprint density at radius 1 is 0.169 bits per heavy atom. The molecule has 83 heavy (non-hydrogen) atoms. The lowest BCUT2D eigenvalue weighted by atomic mass is 10.1. The second-order valence-corrected chi connectivity index (χ2v) is 20.2. The summed E-state index contributed by atoms with van der Waals surface area (Å²) in [6.07, 6.45) is 0. The van der Waals surface area contributed by atoms with Gasteiger partial charge in [-0.25, -0.2) is 0 Å². The van der Waals surface area contributed by atoms with Crippen LogP contribution in [0.15, 0.2) is 334 Å². The van der Waals surface area contributed by atoms with Gasteiger partial charge in [0.1, 0.15) is 0 Å². The third-order valence-corrected chi connectivity index (χ3v) is 14.5. The zero-order valence-electron chi connectivity index (χ0n) is 47.9. The van der Waals surface area contributed by atoms with E-state index in [2.05, 4.69) is 368 Å². The van der Waals surface area contributed by atoms with Crippen LogP contribution in [-0.4, -0.2) is 21.1 Å². The highest BCUT2D eigenvalue weighted by molar-refractivity contribution is 5.87. The molecule has 0 aliphatic heterocycles. The lowest BCUT2D eigenvalue weighted by molar-refractivity contribution is 1.18. The van der Waals surface area contributed by atoms with Crippen LogP contribution in [0.25, 0.3) is 0 Å². The Hall–Kier alpha value is -10.6. The molecule has 6 nitrogen and oxygen atoms in total. The summed E-state index contributed by atoms with van der Waals surface area (Å²) in [5.74, 6) is 0. The van der Waals surface area contributed by atoms with Crippen molar-refractivity contribution in [2.45, 2.75) is 13.8 Å². The van der Waals surface area contributed by atoms with Crippen LogP contribution in [0, 0.1) is 13.8 Å². The Kier molecular flexibility index (Phi) is 18.5. The maximum absolute atomic E-state index is 2.31. The van der Waals surface area contributed by atoms with Gasteiger partial charge in [-0.1, -0.05) is 170 Å². The molecule has 0 aliphatic rings. The van der Waals surface area contributed by atoms with Crippen LogP contribution in [0.1, 0.15) is 11.1 Å². The monoisotopic (exact) mass is 1080 g/mol. The second kappa shape index (κ2) is 27.5. The van der Waals surface area contributed by atoms with Crippen molar-refractivity contribution < 1.29 is 0 Å². The summed E-state index contributed by atoms with van der Waals surface area (Å²) >= 11 is 0. The first-order valence-electron chi connectivity index (χ1n) is 28.2. The zero-order valence-corrected chi connectivity index (χ0v) is 47.9. The molecule has 0 amide bonds. The standard InChI is InChI=1S/C27H26N2.2C25H22N2/c1-21-9-7-13-26(19-21)29(27-14-8-10-22(2)20-27)25-17-15-24(16-18-25)28(3)23-11-5-4-6-12-23;1-26(21-13-5-2-6-14-21)24-19-11-12-20-25(24)27(22-15-7-3-8-16-22)23-17-9-4-10-18-23;1-26(21-12-5-2-6-13-21)24-18-11-19-25(20-24)27(22-14-7-3-8-15-22)23-16-9-4-10-17-23/h4-20H,1-3H3;2*2-20H,1H3. The average Bonchev–Trinajstić information content (AvgIpc) is 3.71. The van der Waals surface area contributed by atoms with Gasteiger partial charge < -0.3 is 29.4 Å². The fourth-order valence-electron chi connectivity index (χ4n) is 10.2. The quantitative estimate of drug-likeness (QED) is 0.101. The van der Waals surface area contributed by atoms with Gasteiger partial charge in [0, 0.05) is 95.1 Å². The number of nitrogens with zero attached hydrogens (tertiary/aromatic N) is 6. The Morgan fingerprint density at radius 3 is 0.807 bits per heavy atom. The molecule has 0 unspecified atom stereocenters. The fraction of sp³-hybridized carbons (Fsp3) is 0.0649. The van der Waals surface area contributed by atoms with Gasteiger partial charge >= 0.3 is 0 Å². The molecule has 0 aromatic heterocycles. The number of para-hydroxylation sites is 9. The van der Waals surface area contributed by atoms with Gasteiger partial charge in [0.05, 0.1) is 11.4 Å². The summed E-state index contributed by atoms with van der Waals surface area (Å²) in [7, 11) is 6.31. The van der Waals surface area contributed by atoms with Crippen molar-refractivity contribution in [3.8, 4) is 0 Å². The van der Waals surface area contributed by atoms with E-state index in [0.717, 1.165) is 62.6 Å². The number of benzene rings is 12. The average molecular weight is 1080 g/mol. The number of anilines is 15. The third-order valence-electron chi connectivity index (χ3n) is 14.5. The normalized spacial score (nSPS) is 10.5. The molecule has 0 spiro atoms. The predicted molar refractivity (Wildman–Crippen MR) is 356 cm³/mol. The minimum atomic E-state index is 1.13. The third kappa shape index (κ3) is 14.1. The molecule has 0 heterocycles.